The van der Waals surface area contributed by atoms with Gasteiger partial charge in [0.05, 0.1) is 20.8 Å². The number of rotatable bonds is 1. The Labute approximate surface area is 91.3 Å². The smallest absolute Gasteiger partial charge is 0.410 e. The summed E-state index contributed by atoms with van der Waals surface area (Å²) in [4.78, 5) is 23.4. The molecule has 1 saturated heterocycles. The molecular formula is C9H13F2NO4. The van der Waals surface area contributed by atoms with Gasteiger partial charge in [0.25, 0.3) is 5.92 Å². The Morgan fingerprint density at radius 2 is 1.81 bits per heavy atom. The maximum absolute atomic E-state index is 13.2. The number of carbonyl (C=O) groups is 2. The van der Waals surface area contributed by atoms with Crippen LogP contribution in [0.25, 0.3) is 0 Å². The third kappa shape index (κ3) is 1.94. The monoisotopic (exact) mass is 237 g/mol. The summed E-state index contributed by atoms with van der Waals surface area (Å²) in [5, 5.41) is 0. The first-order valence-electron chi connectivity index (χ1n) is 4.59. The summed E-state index contributed by atoms with van der Waals surface area (Å²) in [6.45, 7) is 0.391. The first-order valence-corrected chi connectivity index (χ1v) is 4.59. The van der Waals surface area contributed by atoms with E-state index >= 15 is 0 Å². The van der Waals surface area contributed by atoms with Gasteiger partial charge in [0.1, 0.15) is 5.54 Å². The molecule has 0 spiro atoms. The summed E-state index contributed by atoms with van der Waals surface area (Å²) in [5.41, 5.74) is -1.68. The van der Waals surface area contributed by atoms with Crippen molar-refractivity contribution in [3.05, 3.63) is 0 Å². The van der Waals surface area contributed by atoms with Gasteiger partial charge in [0, 0.05) is 6.42 Å². The van der Waals surface area contributed by atoms with Gasteiger partial charge < -0.3 is 9.47 Å². The number of esters is 1. The van der Waals surface area contributed by atoms with Crippen LogP contribution in [0.1, 0.15) is 13.3 Å². The highest BCUT2D eigenvalue weighted by molar-refractivity contribution is 5.86. The van der Waals surface area contributed by atoms with Crippen molar-refractivity contribution < 1.29 is 27.8 Å². The van der Waals surface area contributed by atoms with E-state index in [1.807, 2.05) is 0 Å². The molecule has 1 aliphatic heterocycles. The lowest BCUT2D eigenvalue weighted by Crippen LogP contribution is -2.51. The molecule has 0 bridgehead atoms. The van der Waals surface area contributed by atoms with Crippen LogP contribution in [0.3, 0.4) is 0 Å². The highest BCUT2D eigenvalue weighted by atomic mass is 19.3. The fraction of sp³-hybridized carbons (Fsp3) is 0.778. The Hall–Kier alpha value is -1.40. The molecule has 0 aromatic carbocycles. The standard InChI is InChI=1S/C9H13F2NO4/c1-8(6(13)15-2)4-9(10,11)5-12(8)7(14)16-3/h4-5H2,1-3H3. The van der Waals surface area contributed by atoms with Crippen LogP contribution < -0.4 is 0 Å². The minimum Gasteiger partial charge on any atom is -0.467 e. The summed E-state index contributed by atoms with van der Waals surface area (Å²) >= 11 is 0. The summed E-state index contributed by atoms with van der Waals surface area (Å²) in [7, 11) is 2.15. The molecule has 1 fully saturated rings. The number of halogens is 2. The van der Waals surface area contributed by atoms with Crippen LogP contribution >= 0.6 is 0 Å². The number of hydrogen-bond donors (Lipinski definition) is 0. The highest BCUT2D eigenvalue weighted by Gasteiger charge is 2.59. The molecule has 1 amide bonds. The van der Waals surface area contributed by atoms with E-state index in [0.717, 1.165) is 14.2 Å². The second-order valence-electron chi connectivity index (χ2n) is 3.85. The highest BCUT2D eigenvalue weighted by Crippen LogP contribution is 2.40. The molecule has 0 N–H and O–H groups in total. The van der Waals surface area contributed by atoms with Gasteiger partial charge in [-0.3, -0.25) is 4.90 Å². The fourth-order valence-electron chi connectivity index (χ4n) is 1.84. The number of alkyl halides is 2. The molecule has 0 saturated carbocycles. The molecule has 1 unspecified atom stereocenters. The predicted octanol–water partition coefficient (Wildman–Crippen LogP) is 1.03. The molecule has 5 nitrogen and oxygen atoms in total. The van der Waals surface area contributed by atoms with Crippen LogP contribution in [-0.2, 0) is 14.3 Å². The number of ether oxygens (including phenoxy) is 2. The zero-order chi connectivity index (χ0) is 12.6. The number of methoxy groups -OCH3 is 2. The minimum absolute atomic E-state index is 0.693. The average Bonchev–Trinajstić information content (AvgIpc) is 2.47. The molecule has 0 aliphatic carbocycles. The van der Waals surface area contributed by atoms with Crippen molar-refractivity contribution in [2.75, 3.05) is 20.8 Å². The molecule has 0 aromatic rings. The molecule has 1 atom stereocenters. The maximum Gasteiger partial charge on any atom is 0.410 e. The minimum atomic E-state index is -3.11. The van der Waals surface area contributed by atoms with E-state index in [0.29, 0.717) is 4.90 Å². The summed E-state index contributed by atoms with van der Waals surface area (Å²) in [6, 6.07) is 0. The first-order chi connectivity index (χ1) is 7.27. The Morgan fingerprint density at radius 3 is 2.25 bits per heavy atom. The second kappa shape index (κ2) is 3.88. The predicted molar refractivity (Wildman–Crippen MR) is 49.1 cm³/mol. The van der Waals surface area contributed by atoms with Crippen molar-refractivity contribution in [2.24, 2.45) is 0 Å². The molecule has 0 radical (unpaired) electrons. The largest absolute Gasteiger partial charge is 0.467 e. The van der Waals surface area contributed by atoms with Crippen molar-refractivity contribution in [1.29, 1.82) is 0 Å². The number of carbonyl (C=O) groups excluding carboxylic acids is 2. The molecule has 1 aliphatic rings. The first kappa shape index (κ1) is 12.7. The number of hydrogen-bond acceptors (Lipinski definition) is 4. The lowest BCUT2D eigenvalue weighted by molar-refractivity contribution is -0.152. The molecule has 1 rings (SSSR count). The van der Waals surface area contributed by atoms with Gasteiger partial charge in [0.2, 0.25) is 0 Å². The van der Waals surface area contributed by atoms with Gasteiger partial charge in [-0.05, 0) is 6.92 Å². The van der Waals surface area contributed by atoms with Gasteiger partial charge in [-0.2, -0.15) is 0 Å². The molecular weight excluding hydrogens is 224 g/mol. The maximum atomic E-state index is 13.2. The average molecular weight is 237 g/mol. The molecule has 16 heavy (non-hydrogen) atoms. The van der Waals surface area contributed by atoms with Crippen LogP contribution in [0.2, 0.25) is 0 Å². The molecule has 7 heteroatoms. The second-order valence-corrected chi connectivity index (χ2v) is 3.85. The van der Waals surface area contributed by atoms with Gasteiger partial charge in [-0.25, -0.2) is 18.4 Å². The third-order valence-electron chi connectivity index (χ3n) is 2.61. The lowest BCUT2D eigenvalue weighted by Gasteiger charge is -2.29. The van der Waals surface area contributed by atoms with E-state index in [2.05, 4.69) is 9.47 Å². The van der Waals surface area contributed by atoms with E-state index in [-0.39, 0.29) is 0 Å². The lowest BCUT2D eigenvalue weighted by atomic mass is 9.98. The van der Waals surface area contributed by atoms with Crippen molar-refractivity contribution in [1.82, 2.24) is 4.90 Å². The van der Waals surface area contributed by atoms with Crippen LogP contribution in [0.15, 0.2) is 0 Å². The van der Waals surface area contributed by atoms with Gasteiger partial charge in [-0.1, -0.05) is 0 Å². The van der Waals surface area contributed by atoms with Crippen molar-refractivity contribution in [3.8, 4) is 0 Å². The number of nitrogens with zero attached hydrogens (tertiary/aromatic N) is 1. The fourth-order valence-corrected chi connectivity index (χ4v) is 1.84. The Morgan fingerprint density at radius 1 is 1.25 bits per heavy atom. The zero-order valence-electron chi connectivity index (χ0n) is 9.25. The topological polar surface area (TPSA) is 55.8 Å². The third-order valence-corrected chi connectivity index (χ3v) is 2.61. The SMILES string of the molecule is COC(=O)N1CC(F)(F)CC1(C)C(=O)OC. The van der Waals surface area contributed by atoms with E-state index in [4.69, 9.17) is 0 Å². The number of likely N-dealkylation sites (tertiary alicyclic amines) is 1. The van der Waals surface area contributed by atoms with Crippen molar-refractivity contribution >= 4 is 12.1 Å². The normalized spacial score (nSPS) is 27.7. The molecule has 1 heterocycles. The van der Waals surface area contributed by atoms with E-state index < -0.39 is 36.5 Å². The Kier molecular flexibility index (Phi) is 3.07. The van der Waals surface area contributed by atoms with Crippen LogP contribution in [-0.4, -0.2) is 49.2 Å². The molecule has 92 valence electrons. The summed E-state index contributed by atoms with van der Waals surface area (Å²) in [6.07, 6.45) is -1.73. The van der Waals surface area contributed by atoms with Crippen molar-refractivity contribution in [3.63, 3.8) is 0 Å². The van der Waals surface area contributed by atoms with Crippen molar-refractivity contribution in [2.45, 2.75) is 24.8 Å². The van der Waals surface area contributed by atoms with Gasteiger partial charge >= 0.3 is 12.1 Å². The van der Waals surface area contributed by atoms with E-state index in [9.17, 15) is 18.4 Å². The van der Waals surface area contributed by atoms with Crippen LogP contribution in [0.4, 0.5) is 13.6 Å². The Bertz CT molecular complexity index is 321. The number of amides is 1. The summed E-state index contributed by atoms with van der Waals surface area (Å²) < 4.78 is 35.2. The van der Waals surface area contributed by atoms with Gasteiger partial charge in [-0.15, -0.1) is 0 Å². The van der Waals surface area contributed by atoms with Gasteiger partial charge in [0.15, 0.2) is 0 Å². The van der Waals surface area contributed by atoms with E-state index in [1.165, 1.54) is 6.92 Å². The van der Waals surface area contributed by atoms with Crippen LogP contribution in [0.5, 0.6) is 0 Å². The van der Waals surface area contributed by atoms with Crippen LogP contribution in [0, 0.1) is 0 Å². The van der Waals surface area contributed by atoms with E-state index in [1.54, 1.807) is 0 Å². The molecule has 0 aromatic heterocycles. The Balaban J connectivity index is 3.05. The summed E-state index contributed by atoms with van der Waals surface area (Å²) in [5.74, 6) is -3.99. The quantitative estimate of drug-likeness (QED) is 0.639. The zero-order valence-corrected chi connectivity index (χ0v) is 9.25.